The lowest BCUT2D eigenvalue weighted by atomic mass is 10.0. The Labute approximate surface area is 120 Å². The summed E-state index contributed by atoms with van der Waals surface area (Å²) in [6, 6.07) is 8.31. The fourth-order valence-electron chi connectivity index (χ4n) is 2.35. The van der Waals surface area contributed by atoms with E-state index in [-0.39, 0.29) is 11.3 Å². The van der Waals surface area contributed by atoms with Gasteiger partial charge in [0.15, 0.2) is 5.76 Å². The fraction of sp³-hybridized carbons (Fsp3) is 0.118. The molecule has 0 bridgehead atoms. The van der Waals surface area contributed by atoms with Crippen LogP contribution in [-0.2, 0) is 0 Å². The summed E-state index contributed by atoms with van der Waals surface area (Å²) in [6.45, 7) is 3.66. The zero-order valence-corrected chi connectivity index (χ0v) is 11.5. The third-order valence-corrected chi connectivity index (χ3v) is 3.47. The first kappa shape index (κ1) is 13.5. The Hall–Kier alpha value is -2.49. The Morgan fingerprint density at radius 2 is 1.81 bits per heavy atom. The molecular formula is C17H12F2O2. The third-order valence-electron chi connectivity index (χ3n) is 3.47. The van der Waals surface area contributed by atoms with Crippen molar-refractivity contribution in [3.8, 4) is 0 Å². The first-order valence-corrected chi connectivity index (χ1v) is 6.47. The molecule has 0 saturated heterocycles. The van der Waals surface area contributed by atoms with Gasteiger partial charge in [0, 0.05) is 10.9 Å². The van der Waals surface area contributed by atoms with E-state index in [9.17, 15) is 13.6 Å². The minimum atomic E-state index is -0.766. The fourth-order valence-corrected chi connectivity index (χ4v) is 2.35. The maximum atomic E-state index is 13.7. The van der Waals surface area contributed by atoms with E-state index in [4.69, 9.17) is 4.42 Å². The molecule has 0 aliphatic carbocycles. The summed E-state index contributed by atoms with van der Waals surface area (Å²) in [5, 5.41) is 0.801. The number of aryl methyl sites for hydroxylation is 2. The van der Waals surface area contributed by atoms with Crippen molar-refractivity contribution in [2.24, 2.45) is 0 Å². The van der Waals surface area contributed by atoms with Crippen molar-refractivity contribution < 1.29 is 18.0 Å². The highest BCUT2D eigenvalue weighted by molar-refractivity contribution is 6.10. The van der Waals surface area contributed by atoms with Crippen molar-refractivity contribution in [3.05, 3.63) is 70.5 Å². The normalized spacial score (nSPS) is 11.0. The van der Waals surface area contributed by atoms with Crippen LogP contribution in [0.5, 0.6) is 0 Å². The van der Waals surface area contributed by atoms with E-state index in [1.54, 1.807) is 13.0 Å². The number of carbonyl (C=O) groups excluding carboxylic acids is 1. The second kappa shape index (κ2) is 4.81. The van der Waals surface area contributed by atoms with Gasteiger partial charge in [-0.25, -0.2) is 8.78 Å². The molecule has 21 heavy (non-hydrogen) atoms. The SMILES string of the molecule is Cc1ccc2oc(C(=O)c3cc(F)ccc3F)c(C)c2c1. The molecule has 0 amide bonds. The van der Waals surface area contributed by atoms with E-state index in [2.05, 4.69) is 0 Å². The van der Waals surface area contributed by atoms with Crippen LogP contribution in [0.4, 0.5) is 8.78 Å². The molecule has 106 valence electrons. The Bertz CT molecular complexity index is 863. The molecule has 0 aliphatic heterocycles. The van der Waals surface area contributed by atoms with Crippen molar-refractivity contribution in [1.82, 2.24) is 0 Å². The molecule has 0 saturated carbocycles. The predicted octanol–water partition coefficient (Wildman–Crippen LogP) is 4.56. The second-order valence-electron chi connectivity index (χ2n) is 5.01. The topological polar surface area (TPSA) is 30.2 Å². The van der Waals surface area contributed by atoms with E-state index in [1.807, 2.05) is 19.1 Å². The minimum Gasteiger partial charge on any atom is -0.452 e. The summed E-state index contributed by atoms with van der Waals surface area (Å²) in [5.41, 5.74) is 1.89. The van der Waals surface area contributed by atoms with Gasteiger partial charge >= 0.3 is 0 Å². The number of benzene rings is 2. The molecule has 0 N–H and O–H groups in total. The van der Waals surface area contributed by atoms with Crippen LogP contribution < -0.4 is 0 Å². The molecule has 2 nitrogen and oxygen atoms in total. The first-order chi connectivity index (χ1) is 9.97. The highest BCUT2D eigenvalue weighted by Crippen LogP contribution is 2.28. The smallest absolute Gasteiger partial charge is 0.231 e. The maximum absolute atomic E-state index is 13.7. The van der Waals surface area contributed by atoms with Crippen molar-refractivity contribution in [3.63, 3.8) is 0 Å². The number of ketones is 1. The van der Waals surface area contributed by atoms with E-state index >= 15 is 0 Å². The van der Waals surface area contributed by atoms with Crippen LogP contribution in [0.25, 0.3) is 11.0 Å². The lowest BCUT2D eigenvalue weighted by molar-refractivity contribution is 0.101. The number of carbonyl (C=O) groups is 1. The Morgan fingerprint density at radius 1 is 1.05 bits per heavy atom. The summed E-state index contributed by atoms with van der Waals surface area (Å²) < 4.78 is 32.5. The number of furan rings is 1. The van der Waals surface area contributed by atoms with Gasteiger partial charge in [0.1, 0.15) is 17.2 Å². The standard InChI is InChI=1S/C17H12F2O2/c1-9-3-6-15-12(7-9)10(2)17(21-15)16(20)13-8-11(18)4-5-14(13)19/h3-8H,1-2H3. The molecule has 0 unspecified atom stereocenters. The second-order valence-corrected chi connectivity index (χ2v) is 5.01. The Balaban J connectivity index is 2.18. The maximum Gasteiger partial charge on any atom is 0.231 e. The van der Waals surface area contributed by atoms with Gasteiger partial charge in [0.2, 0.25) is 5.78 Å². The summed E-state index contributed by atoms with van der Waals surface area (Å²) in [4.78, 5) is 12.4. The van der Waals surface area contributed by atoms with Crippen LogP contribution in [0.1, 0.15) is 27.2 Å². The zero-order valence-electron chi connectivity index (χ0n) is 11.5. The van der Waals surface area contributed by atoms with Crippen molar-refractivity contribution in [1.29, 1.82) is 0 Å². The number of hydrogen-bond acceptors (Lipinski definition) is 2. The van der Waals surface area contributed by atoms with Crippen LogP contribution in [0.3, 0.4) is 0 Å². The van der Waals surface area contributed by atoms with Gasteiger partial charge < -0.3 is 4.42 Å². The number of hydrogen-bond donors (Lipinski definition) is 0. The van der Waals surface area contributed by atoms with E-state index in [0.717, 1.165) is 29.1 Å². The summed E-state index contributed by atoms with van der Waals surface area (Å²) in [5.74, 6) is -2.04. The lowest BCUT2D eigenvalue weighted by Crippen LogP contribution is -2.05. The Kier molecular flexibility index (Phi) is 3.09. The lowest BCUT2D eigenvalue weighted by Gasteiger charge is -2.01. The minimum absolute atomic E-state index is 0.0418. The van der Waals surface area contributed by atoms with E-state index < -0.39 is 17.4 Å². The van der Waals surface area contributed by atoms with Crippen LogP contribution in [0.2, 0.25) is 0 Å². The molecule has 3 aromatic rings. The molecule has 0 atom stereocenters. The monoisotopic (exact) mass is 286 g/mol. The van der Waals surface area contributed by atoms with Crippen molar-refractivity contribution in [2.45, 2.75) is 13.8 Å². The molecule has 0 aliphatic rings. The molecule has 1 aromatic heterocycles. The molecule has 1 heterocycles. The van der Waals surface area contributed by atoms with E-state index in [1.165, 1.54) is 0 Å². The third kappa shape index (κ3) is 2.23. The van der Waals surface area contributed by atoms with Crippen LogP contribution in [0.15, 0.2) is 40.8 Å². The van der Waals surface area contributed by atoms with Crippen LogP contribution in [0, 0.1) is 25.5 Å². The van der Waals surface area contributed by atoms with Crippen molar-refractivity contribution in [2.75, 3.05) is 0 Å². The van der Waals surface area contributed by atoms with Gasteiger partial charge in [-0.15, -0.1) is 0 Å². The van der Waals surface area contributed by atoms with Crippen LogP contribution in [-0.4, -0.2) is 5.78 Å². The molecular weight excluding hydrogens is 274 g/mol. The summed E-state index contributed by atoms with van der Waals surface area (Å²) >= 11 is 0. The quantitative estimate of drug-likeness (QED) is 0.646. The van der Waals surface area contributed by atoms with Gasteiger partial charge in [-0.3, -0.25) is 4.79 Å². The largest absolute Gasteiger partial charge is 0.452 e. The van der Waals surface area contributed by atoms with Crippen LogP contribution >= 0.6 is 0 Å². The van der Waals surface area contributed by atoms with Gasteiger partial charge in [0.05, 0.1) is 5.56 Å². The molecule has 2 aromatic carbocycles. The summed E-state index contributed by atoms with van der Waals surface area (Å²) in [6.07, 6.45) is 0. The average Bonchev–Trinajstić information content (AvgIpc) is 2.78. The average molecular weight is 286 g/mol. The van der Waals surface area contributed by atoms with Gasteiger partial charge in [-0.2, -0.15) is 0 Å². The number of fused-ring (bicyclic) bond motifs is 1. The van der Waals surface area contributed by atoms with Crippen molar-refractivity contribution >= 4 is 16.8 Å². The molecule has 0 spiro atoms. The molecule has 3 rings (SSSR count). The zero-order chi connectivity index (χ0) is 15.1. The van der Waals surface area contributed by atoms with Gasteiger partial charge in [-0.1, -0.05) is 11.6 Å². The van der Waals surface area contributed by atoms with Gasteiger partial charge in [0.25, 0.3) is 0 Å². The molecule has 0 fully saturated rings. The highest BCUT2D eigenvalue weighted by atomic mass is 19.1. The molecule has 0 radical (unpaired) electrons. The Morgan fingerprint density at radius 3 is 2.57 bits per heavy atom. The highest BCUT2D eigenvalue weighted by Gasteiger charge is 2.22. The predicted molar refractivity (Wildman–Crippen MR) is 75.5 cm³/mol. The summed E-state index contributed by atoms with van der Waals surface area (Å²) in [7, 11) is 0. The van der Waals surface area contributed by atoms with Gasteiger partial charge in [-0.05, 0) is 44.2 Å². The molecule has 4 heteroatoms. The van der Waals surface area contributed by atoms with E-state index in [0.29, 0.717) is 11.1 Å². The number of rotatable bonds is 2. The first-order valence-electron chi connectivity index (χ1n) is 6.47. The number of halogens is 2.